The highest BCUT2D eigenvalue weighted by atomic mass is 14.5. The summed E-state index contributed by atoms with van der Waals surface area (Å²) in [7, 11) is 0. The zero-order valence-electron chi connectivity index (χ0n) is 38.2. The monoisotopic (exact) mass is 779 g/mol. The van der Waals surface area contributed by atoms with Crippen molar-refractivity contribution >= 4 is 11.1 Å². The van der Waals surface area contributed by atoms with Crippen molar-refractivity contribution < 1.29 is 0 Å². The lowest BCUT2D eigenvalue weighted by atomic mass is 9.66. The molecule has 0 saturated carbocycles. The van der Waals surface area contributed by atoms with Crippen LogP contribution in [0.4, 0.5) is 0 Å². The Hall–Kier alpha value is -5.72. The Morgan fingerprint density at radius 1 is 0.627 bits per heavy atom. The topological polar surface area (TPSA) is 0 Å². The molecule has 0 saturated heterocycles. The fourth-order valence-electron chi connectivity index (χ4n) is 8.12. The van der Waals surface area contributed by atoms with Gasteiger partial charge in [0, 0.05) is 0 Å². The maximum Gasteiger partial charge on any atom is 0.0710 e. The fraction of sp³-hybridized carbons (Fsp3) is 0.254. The average Bonchev–Trinajstić information content (AvgIpc) is 3.49. The zero-order chi connectivity index (χ0) is 43.5. The number of aryl methyl sites for hydroxylation is 4. The summed E-state index contributed by atoms with van der Waals surface area (Å²) in [5, 5.41) is 0. The van der Waals surface area contributed by atoms with Crippen molar-refractivity contribution in [3.63, 3.8) is 0 Å². The molecule has 0 heterocycles. The summed E-state index contributed by atoms with van der Waals surface area (Å²) in [6.45, 7) is 35.6. The van der Waals surface area contributed by atoms with Gasteiger partial charge < -0.3 is 0 Å². The smallest absolute Gasteiger partial charge is 0.0710 e. The first kappa shape index (κ1) is 47.7. The summed E-state index contributed by atoms with van der Waals surface area (Å²) in [5.41, 5.74) is 20.6. The van der Waals surface area contributed by atoms with Crippen LogP contribution >= 0.6 is 0 Å². The molecule has 0 radical (unpaired) electrons. The van der Waals surface area contributed by atoms with Gasteiger partial charge in [0.2, 0.25) is 0 Å². The Morgan fingerprint density at radius 3 is 1.63 bits per heavy atom. The van der Waals surface area contributed by atoms with Crippen LogP contribution < -0.4 is 0 Å². The molecular formula is C59H70. The molecule has 1 aliphatic carbocycles. The Kier molecular flexibility index (Phi) is 19.1. The molecule has 4 aromatic carbocycles. The molecule has 0 heteroatoms. The lowest BCUT2D eigenvalue weighted by Crippen LogP contribution is -2.29. The van der Waals surface area contributed by atoms with Crippen LogP contribution in [0.25, 0.3) is 22.3 Å². The van der Waals surface area contributed by atoms with Crippen molar-refractivity contribution in [3.05, 3.63) is 238 Å². The second-order valence-electron chi connectivity index (χ2n) is 15.6. The maximum absolute atomic E-state index is 4.21. The van der Waals surface area contributed by atoms with Crippen LogP contribution in [0.2, 0.25) is 0 Å². The zero-order valence-corrected chi connectivity index (χ0v) is 38.2. The van der Waals surface area contributed by atoms with Gasteiger partial charge in [0.25, 0.3) is 0 Å². The second kappa shape index (κ2) is 23.6. The summed E-state index contributed by atoms with van der Waals surface area (Å²) in [6.07, 6.45) is 26.5. The van der Waals surface area contributed by atoms with Gasteiger partial charge in [0.15, 0.2) is 0 Å². The van der Waals surface area contributed by atoms with E-state index in [-0.39, 0.29) is 0 Å². The number of hydrogen-bond donors (Lipinski definition) is 0. The van der Waals surface area contributed by atoms with E-state index in [9.17, 15) is 0 Å². The minimum absolute atomic E-state index is 0.401. The molecule has 1 aliphatic rings. The van der Waals surface area contributed by atoms with Gasteiger partial charge in [-0.05, 0) is 154 Å². The number of fused-ring (bicyclic) bond motifs is 3. The van der Waals surface area contributed by atoms with E-state index in [1.807, 2.05) is 38.2 Å². The van der Waals surface area contributed by atoms with E-state index in [1.54, 1.807) is 0 Å². The van der Waals surface area contributed by atoms with E-state index in [0.29, 0.717) is 0 Å². The molecule has 0 aliphatic heterocycles. The molecule has 0 unspecified atom stereocenters. The minimum Gasteiger partial charge on any atom is -0.0991 e. The van der Waals surface area contributed by atoms with E-state index < -0.39 is 5.41 Å². The molecule has 0 amide bonds. The van der Waals surface area contributed by atoms with Gasteiger partial charge >= 0.3 is 0 Å². The van der Waals surface area contributed by atoms with Crippen LogP contribution in [0.3, 0.4) is 0 Å². The summed E-state index contributed by atoms with van der Waals surface area (Å²) in [4.78, 5) is 0. The summed E-state index contributed by atoms with van der Waals surface area (Å²) < 4.78 is 0. The molecule has 0 spiro atoms. The van der Waals surface area contributed by atoms with Crippen molar-refractivity contribution in [3.8, 4) is 11.1 Å². The predicted molar refractivity (Wildman–Crippen MR) is 266 cm³/mol. The van der Waals surface area contributed by atoms with Crippen molar-refractivity contribution in [2.24, 2.45) is 0 Å². The van der Waals surface area contributed by atoms with Crippen LogP contribution in [0.5, 0.6) is 0 Å². The van der Waals surface area contributed by atoms with Crippen LogP contribution in [-0.2, 0) is 5.41 Å². The first-order chi connectivity index (χ1) is 28.4. The Bertz CT molecular complexity index is 2240. The SMILES string of the molecule is C=C/C(=C(C)\C=C/C)c1ccccc1C.C=C/C=C\C(=C/C)C1(/C(C=C)=C/C=C\C)c2ccc(C)cc2-c2cc(C)ccc21.CCCCC(=C(C)C)c1ccccc1C. The van der Waals surface area contributed by atoms with Crippen molar-refractivity contribution in [2.45, 2.75) is 101 Å². The third kappa shape index (κ3) is 11.5. The van der Waals surface area contributed by atoms with E-state index in [2.05, 4.69) is 210 Å². The largest absolute Gasteiger partial charge is 0.0991 e. The molecule has 0 fully saturated rings. The molecule has 59 heavy (non-hydrogen) atoms. The number of unbranched alkanes of at least 4 members (excludes halogenated alkanes) is 1. The highest BCUT2D eigenvalue weighted by molar-refractivity contribution is 5.88. The molecule has 0 bridgehead atoms. The summed E-state index contributed by atoms with van der Waals surface area (Å²) >= 11 is 0. The molecule has 0 aromatic heterocycles. The van der Waals surface area contributed by atoms with Crippen LogP contribution in [0.15, 0.2) is 194 Å². The van der Waals surface area contributed by atoms with Crippen LogP contribution in [0.1, 0.15) is 112 Å². The van der Waals surface area contributed by atoms with E-state index in [4.69, 9.17) is 0 Å². The van der Waals surface area contributed by atoms with E-state index >= 15 is 0 Å². The molecule has 306 valence electrons. The lowest BCUT2D eigenvalue weighted by molar-refractivity contribution is 0.763. The molecular weight excluding hydrogens is 709 g/mol. The van der Waals surface area contributed by atoms with E-state index in [0.717, 1.165) is 0 Å². The van der Waals surface area contributed by atoms with Gasteiger partial charge in [-0.1, -0.05) is 202 Å². The molecule has 0 atom stereocenters. The highest BCUT2D eigenvalue weighted by Gasteiger charge is 2.46. The third-order valence-electron chi connectivity index (χ3n) is 11.1. The molecule has 0 N–H and O–H groups in total. The first-order valence-electron chi connectivity index (χ1n) is 21.3. The molecule has 0 nitrogen and oxygen atoms in total. The Balaban J connectivity index is 0.000000262. The van der Waals surface area contributed by atoms with Gasteiger partial charge in [0.1, 0.15) is 0 Å². The summed E-state index contributed by atoms with van der Waals surface area (Å²) in [5.74, 6) is 0. The maximum atomic E-state index is 4.21. The lowest BCUT2D eigenvalue weighted by Gasteiger charge is -2.35. The van der Waals surface area contributed by atoms with Crippen molar-refractivity contribution in [1.82, 2.24) is 0 Å². The fourth-order valence-corrected chi connectivity index (χ4v) is 8.12. The van der Waals surface area contributed by atoms with Gasteiger partial charge in [-0.15, -0.1) is 0 Å². The predicted octanol–water partition coefficient (Wildman–Crippen LogP) is 17.5. The van der Waals surface area contributed by atoms with Crippen LogP contribution in [-0.4, -0.2) is 0 Å². The van der Waals surface area contributed by atoms with Crippen LogP contribution in [0, 0.1) is 27.7 Å². The first-order valence-corrected chi connectivity index (χ1v) is 21.3. The van der Waals surface area contributed by atoms with Gasteiger partial charge in [-0.3, -0.25) is 0 Å². The summed E-state index contributed by atoms with van der Waals surface area (Å²) in [6, 6.07) is 30.7. The van der Waals surface area contributed by atoms with Crippen molar-refractivity contribution in [1.29, 1.82) is 0 Å². The number of hydrogen-bond acceptors (Lipinski definition) is 0. The quantitative estimate of drug-likeness (QED) is 0.119. The van der Waals surface area contributed by atoms with Gasteiger partial charge in [-0.2, -0.15) is 0 Å². The molecule has 5 rings (SSSR count). The highest BCUT2D eigenvalue weighted by Crippen LogP contribution is 2.57. The minimum atomic E-state index is -0.401. The van der Waals surface area contributed by atoms with E-state index in [1.165, 1.54) is 108 Å². The average molecular weight is 779 g/mol. The number of benzene rings is 4. The second-order valence-corrected chi connectivity index (χ2v) is 15.6. The Labute approximate surface area is 359 Å². The number of allylic oxidation sites excluding steroid dienone is 17. The third-order valence-corrected chi connectivity index (χ3v) is 11.1. The Morgan fingerprint density at radius 2 is 1.19 bits per heavy atom. The van der Waals surface area contributed by atoms with Crippen molar-refractivity contribution in [2.75, 3.05) is 0 Å². The standard InChI is InChI=1S/C29H30.C15H22.C15H18/c1-7-11-13-23(9-3)29(24(10-4)14-12-8-2)27-17-15-21(5)19-25(27)26-20-22(6)16-18-28(26)29;1-5-6-10-14(12(2)3)15-11-8-7-9-13(15)4;1-5-9-12(3)14(6-2)15-11-8-7-10-13(15)4/h7-20H,1,4H2,2-3,5-6H3;7-9,11H,5-6,10H2,1-4H3;5-11H,2H2,1,3-4H3/b12-8-,13-11-,23-9+,24-14+;;9-5-,14-12+. The molecule has 4 aromatic rings. The van der Waals surface area contributed by atoms with Gasteiger partial charge in [-0.25, -0.2) is 0 Å². The van der Waals surface area contributed by atoms with Gasteiger partial charge in [0.05, 0.1) is 5.41 Å². The normalized spacial score (nSPS) is 13.5. The number of rotatable bonds is 13.